The van der Waals surface area contributed by atoms with Crippen molar-refractivity contribution in [3.8, 4) is 5.69 Å². The number of likely N-dealkylation sites (N-methyl/N-ethyl adjacent to an activating group) is 1. The molecule has 26 heavy (non-hydrogen) atoms. The van der Waals surface area contributed by atoms with Crippen LogP contribution in [0.2, 0.25) is 0 Å². The minimum atomic E-state index is -0.115. The Hall–Kier alpha value is -2.29. The average Bonchev–Trinajstić information content (AvgIpc) is 3.03. The number of rotatable bonds is 4. The molecule has 0 spiro atoms. The number of halogens is 1. The molecule has 6 nitrogen and oxygen atoms in total. The van der Waals surface area contributed by atoms with Gasteiger partial charge in [-0.05, 0) is 30.3 Å². The Morgan fingerprint density at radius 3 is 2.73 bits per heavy atom. The molecule has 0 atom stereocenters. The highest BCUT2D eigenvalue weighted by Crippen LogP contribution is 2.35. The molecule has 0 unspecified atom stereocenters. The summed E-state index contributed by atoms with van der Waals surface area (Å²) in [5.41, 5.74) is 2.20. The van der Waals surface area contributed by atoms with Crippen molar-refractivity contribution in [2.45, 2.75) is 0 Å². The van der Waals surface area contributed by atoms with Crippen LogP contribution in [0.5, 0.6) is 0 Å². The van der Waals surface area contributed by atoms with Crippen LogP contribution in [-0.4, -0.2) is 39.8 Å². The van der Waals surface area contributed by atoms with Crippen molar-refractivity contribution in [2.24, 2.45) is 0 Å². The van der Waals surface area contributed by atoms with E-state index in [1.807, 2.05) is 42.3 Å². The number of hydrogen-bond donors (Lipinski definition) is 1. The summed E-state index contributed by atoms with van der Waals surface area (Å²) in [6.07, 6.45) is 3.27. The maximum absolute atomic E-state index is 13.0. The van der Waals surface area contributed by atoms with Crippen LogP contribution in [0.1, 0.15) is 0 Å². The molecule has 0 amide bonds. The number of pyridine rings is 1. The minimum absolute atomic E-state index is 0.0478. The first kappa shape index (κ1) is 17.1. The Labute approximate surface area is 161 Å². The zero-order chi connectivity index (χ0) is 18.3. The van der Waals surface area contributed by atoms with Gasteiger partial charge in [-0.15, -0.1) is 11.3 Å². The molecule has 0 bridgehead atoms. The Morgan fingerprint density at radius 2 is 2.00 bits per heavy atom. The number of anilines is 1. The average molecular weight is 431 g/mol. The van der Waals surface area contributed by atoms with E-state index >= 15 is 0 Å². The first-order valence-electron chi connectivity index (χ1n) is 7.97. The van der Waals surface area contributed by atoms with E-state index in [1.54, 1.807) is 17.1 Å². The lowest BCUT2D eigenvalue weighted by molar-refractivity contribution is 0.304. The number of hydrogen-bond acceptors (Lipinski definition) is 6. The number of aliphatic hydroxyl groups is 1. The van der Waals surface area contributed by atoms with E-state index in [9.17, 15) is 9.90 Å². The Bertz CT molecular complexity index is 1150. The highest BCUT2D eigenvalue weighted by atomic mass is 79.9. The van der Waals surface area contributed by atoms with Crippen molar-refractivity contribution >= 4 is 53.4 Å². The number of fused-ring (bicyclic) bond motifs is 3. The molecular formula is C18H15BrN4O2S. The van der Waals surface area contributed by atoms with Gasteiger partial charge >= 0.3 is 0 Å². The number of benzene rings is 1. The van der Waals surface area contributed by atoms with Crippen molar-refractivity contribution in [3.63, 3.8) is 0 Å². The predicted molar refractivity (Wildman–Crippen MR) is 109 cm³/mol. The molecule has 1 N–H and O–H groups in total. The van der Waals surface area contributed by atoms with E-state index in [0.717, 1.165) is 26.1 Å². The van der Waals surface area contributed by atoms with Crippen LogP contribution < -0.4 is 10.5 Å². The topological polar surface area (TPSA) is 71.2 Å². The van der Waals surface area contributed by atoms with Crippen molar-refractivity contribution < 1.29 is 5.11 Å². The molecule has 4 rings (SSSR count). The van der Waals surface area contributed by atoms with E-state index < -0.39 is 0 Å². The fraction of sp³-hybridized carbons (Fsp3) is 0.167. The van der Waals surface area contributed by atoms with Crippen molar-refractivity contribution in [1.29, 1.82) is 0 Å². The lowest BCUT2D eigenvalue weighted by atomic mass is 10.2. The summed E-state index contributed by atoms with van der Waals surface area (Å²) in [4.78, 5) is 24.7. The first-order valence-corrected chi connectivity index (χ1v) is 9.58. The molecule has 132 valence electrons. The molecule has 1 aromatic carbocycles. The molecule has 0 aliphatic rings. The van der Waals surface area contributed by atoms with Gasteiger partial charge in [0.2, 0.25) is 0 Å². The van der Waals surface area contributed by atoms with Crippen LogP contribution in [-0.2, 0) is 0 Å². The molecule has 4 aromatic rings. The lowest BCUT2D eigenvalue weighted by Gasteiger charge is -2.18. The van der Waals surface area contributed by atoms with Crippen molar-refractivity contribution in [2.75, 3.05) is 25.1 Å². The molecule has 0 saturated carbocycles. The molecule has 0 aliphatic heterocycles. The van der Waals surface area contributed by atoms with Gasteiger partial charge in [-0.3, -0.25) is 9.36 Å². The minimum Gasteiger partial charge on any atom is -0.395 e. The van der Waals surface area contributed by atoms with E-state index in [4.69, 9.17) is 0 Å². The Kier molecular flexibility index (Phi) is 4.47. The summed E-state index contributed by atoms with van der Waals surface area (Å²) in [6, 6.07) is 9.39. The van der Waals surface area contributed by atoms with E-state index in [-0.39, 0.29) is 12.2 Å². The normalized spacial score (nSPS) is 11.3. The van der Waals surface area contributed by atoms with E-state index in [2.05, 4.69) is 25.9 Å². The predicted octanol–water partition coefficient (Wildman–Crippen LogP) is 3.19. The van der Waals surface area contributed by atoms with Gasteiger partial charge in [0.25, 0.3) is 5.56 Å². The second kappa shape index (κ2) is 6.79. The van der Waals surface area contributed by atoms with Crippen LogP contribution in [0.3, 0.4) is 0 Å². The molecule has 0 fully saturated rings. The molecule has 0 radical (unpaired) electrons. The zero-order valence-electron chi connectivity index (χ0n) is 13.9. The third kappa shape index (κ3) is 2.80. The monoisotopic (exact) mass is 430 g/mol. The van der Waals surface area contributed by atoms with Gasteiger partial charge in [0.05, 0.1) is 23.4 Å². The first-order chi connectivity index (χ1) is 12.6. The van der Waals surface area contributed by atoms with Crippen molar-refractivity contribution in [1.82, 2.24) is 14.5 Å². The lowest BCUT2D eigenvalue weighted by Crippen LogP contribution is -2.21. The van der Waals surface area contributed by atoms with Gasteiger partial charge in [-0.1, -0.05) is 15.9 Å². The van der Waals surface area contributed by atoms with Crippen LogP contribution in [0.15, 0.2) is 52.1 Å². The van der Waals surface area contributed by atoms with Gasteiger partial charge in [-0.2, -0.15) is 0 Å². The maximum Gasteiger partial charge on any atom is 0.275 e. The van der Waals surface area contributed by atoms with Crippen molar-refractivity contribution in [3.05, 3.63) is 57.7 Å². The van der Waals surface area contributed by atoms with E-state index in [0.29, 0.717) is 16.8 Å². The third-order valence-corrected chi connectivity index (χ3v) is 5.82. The third-order valence-electron chi connectivity index (χ3n) is 4.21. The van der Waals surface area contributed by atoms with Crippen LogP contribution in [0, 0.1) is 0 Å². The maximum atomic E-state index is 13.0. The zero-order valence-corrected chi connectivity index (χ0v) is 16.3. The smallest absolute Gasteiger partial charge is 0.275 e. The summed E-state index contributed by atoms with van der Waals surface area (Å²) < 4.78 is 3.06. The number of aromatic nitrogens is 3. The number of thiophene rings is 1. The highest BCUT2D eigenvalue weighted by molar-refractivity contribution is 9.10. The van der Waals surface area contributed by atoms with Crippen LogP contribution >= 0.6 is 27.3 Å². The van der Waals surface area contributed by atoms with Gasteiger partial charge in [0.15, 0.2) is 0 Å². The number of aliphatic hydroxyl groups excluding tert-OH is 1. The molecule has 0 saturated heterocycles. The van der Waals surface area contributed by atoms with Gasteiger partial charge in [0.1, 0.15) is 21.4 Å². The summed E-state index contributed by atoms with van der Waals surface area (Å²) >= 11 is 4.75. The van der Waals surface area contributed by atoms with Gasteiger partial charge < -0.3 is 10.0 Å². The molecule has 0 aliphatic carbocycles. The fourth-order valence-corrected chi connectivity index (χ4v) is 4.22. The van der Waals surface area contributed by atoms with Crippen LogP contribution in [0.4, 0.5) is 5.69 Å². The summed E-state index contributed by atoms with van der Waals surface area (Å²) in [5.74, 6) is 0. The number of nitrogens with zero attached hydrogens (tertiary/aromatic N) is 4. The molecule has 3 aromatic heterocycles. The standard InChI is InChI=1S/C18H15BrN4O2S/c1-22(8-9-24)13-6-7-20-17-14(13)15-16(26-17)18(25)23(10-21-15)12-4-2-11(19)3-5-12/h2-7,10,24H,8-9H2,1H3. The van der Waals surface area contributed by atoms with Gasteiger partial charge in [-0.25, -0.2) is 9.97 Å². The molecule has 8 heteroatoms. The van der Waals surface area contributed by atoms with E-state index in [1.165, 1.54) is 11.3 Å². The SMILES string of the molecule is CN(CCO)c1ccnc2sc3c(=O)n(-c4ccc(Br)cc4)cnc3c12. The fourth-order valence-electron chi connectivity index (χ4n) is 2.91. The summed E-state index contributed by atoms with van der Waals surface area (Å²) in [6.45, 7) is 0.540. The quantitative estimate of drug-likeness (QED) is 0.538. The Balaban J connectivity index is 1.97. The molecule has 3 heterocycles. The summed E-state index contributed by atoms with van der Waals surface area (Å²) in [7, 11) is 1.90. The Morgan fingerprint density at radius 1 is 1.23 bits per heavy atom. The summed E-state index contributed by atoms with van der Waals surface area (Å²) in [5, 5.41) is 10.1. The molecular weight excluding hydrogens is 416 g/mol. The second-order valence-corrected chi connectivity index (χ2v) is 7.75. The van der Waals surface area contributed by atoms with Gasteiger partial charge in [0, 0.05) is 24.3 Å². The largest absolute Gasteiger partial charge is 0.395 e. The second-order valence-electron chi connectivity index (χ2n) is 5.83. The highest BCUT2D eigenvalue weighted by Gasteiger charge is 2.17. The van der Waals surface area contributed by atoms with Crippen LogP contribution in [0.25, 0.3) is 26.1 Å².